The maximum atomic E-state index is 12.7. The summed E-state index contributed by atoms with van der Waals surface area (Å²) in [7, 11) is 1.30. The quantitative estimate of drug-likeness (QED) is 0.825. The molecule has 1 N–H and O–H groups in total. The van der Waals surface area contributed by atoms with Gasteiger partial charge in [-0.25, -0.2) is 9.18 Å². The second-order valence-electron chi connectivity index (χ2n) is 3.55. The molecule has 2 aromatic rings. The highest BCUT2D eigenvalue weighted by Gasteiger charge is 2.14. The Morgan fingerprint density at radius 1 is 1.41 bits per heavy atom. The maximum Gasteiger partial charge on any atom is 0.358 e. The smallest absolute Gasteiger partial charge is 0.358 e. The van der Waals surface area contributed by atoms with Crippen molar-refractivity contribution in [1.29, 1.82) is 0 Å². The molecule has 0 saturated carbocycles. The Balaban J connectivity index is 2.21. The number of H-pyrrole nitrogens is 1. The van der Waals surface area contributed by atoms with Gasteiger partial charge in [0.15, 0.2) is 5.69 Å². The molecule has 0 atom stereocenters. The number of aromatic nitrogens is 2. The number of hydrogen-bond acceptors (Lipinski definition) is 3. The number of nitrogens with zero attached hydrogens (tertiary/aromatic N) is 1. The average molecular weight is 234 g/mol. The van der Waals surface area contributed by atoms with Crippen molar-refractivity contribution in [2.75, 3.05) is 7.11 Å². The molecule has 2 rings (SSSR count). The second kappa shape index (κ2) is 4.78. The molecule has 0 bridgehead atoms. The predicted octanol–water partition coefficient (Wildman–Crippen LogP) is 1.93. The summed E-state index contributed by atoms with van der Waals surface area (Å²) in [6.45, 7) is 0. The zero-order valence-corrected chi connectivity index (χ0v) is 9.24. The van der Waals surface area contributed by atoms with E-state index in [1.165, 1.54) is 19.2 Å². The number of ether oxygens (including phenoxy) is 1. The summed E-state index contributed by atoms with van der Waals surface area (Å²) in [4.78, 5) is 11.4. The van der Waals surface area contributed by atoms with Gasteiger partial charge in [-0.2, -0.15) is 5.10 Å². The monoisotopic (exact) mass is 234 g/mol. The molecule has 0 aliphatic rings. The van der Waals surface area contributed by atoms with Gasteiger partial charge in [-0.15, -0.1) is 0 Å². The number of carbonyl (C=O) groups is 1. The normalized spacial score (nSPS) is 10.2. The van der Waals surface area contributed by atoms with Crippen molar-refractivity contribution in [2.45, 2.75) is 6.42 Å². The molecule has 0 aliphatic heterocycles. The van der Waals surface area contributed by atoms with Crippen molar-refractivity contribution in [1.82, 2.24) is 10.2 Å². The zero-order chi connectivity index (χ0) is 12.3. The van der Waals surface area contributed by atoms with Gasteiger partial charge in [0.25, 0.3) is 0 Å². The van der Waals surface area contributed by atoms with Crippen LogP contribution in [0.1, 0.15) is 21.6 Å². The molecule has 4 nitrogen and oxygen atoms in total. The summed E-state index contributed by atoms with van der Waals surface area (Å²) in [5.74, 6) is -0.766. The van der Waals surface area contributed by atoms with E-state index in [-0.39, 0.29) is 11.5 Å². The lowest BCUT2D eigenvalue weighted by Crippen LogP contribution is -2.05. The Labute approximate surface area is 97.4 Å². The summed E-state index contributed by atoms with van der Waals surface area (Å²) in [5, 5.41) is 6.45. The van der Waals surface area contributed by atoms with Crippen molar-refractivity contribution in [3.63, 3.8) is 0 Å². The molecule has 88 valence electrons. The molecule has 17 heavy (non-hydrogen) atoms. The van der Waals surface area contributed by atoms with E-state index in [0.717, 1.165) is 11.1 Å². The lowest BCUT2D eigenvalue weighted by Gasteiger charge is -2.01. The van der Waals surface area contributed by atoms with E-state index in [1.54, 1.807) is 18.3 Å². The van der Waals surface area contributed by atoms with Crippen LogP contribution in [0.5, 0.6) is 0 Å². The maximum absolute atomic E-state index is 12.7. The fourth-order valence-corrected chi connectivity index (χ4v) is 1.55. The van der Waals surface area contributed by atoms with E-state index < -0.39 is 5.97 Å². The molecular weight excluding hydrogens is 223 g/mol. The molecule has 0 fully saturated rings. The molecule has 5 heteroatoms. The Hall–Kier alpha value is -2.17. The van der Waals surface area contributed by atoms with E-state index in [2.05, 4.69) is 14.9 Å². The average Bonchev–Trinajstić information content (AvgIpc) is 2.79. The van der Waals surface area contributed by atoms with Gasteiger partial charge in [0.1, 0.15) is 5.82 Å². The van der Waals surface area contributed by atoms with E-state index in [1.807, 2.05) is 0 Å². The molecule has 1 heterocycles. The highest BCUT2D eigenvalue weighted by molar-refractivity contribution is 5.88. The van der Waals surface area contributed by atoms with Gasteiger partial charge in [-0.05, 0) is 17.7 Å². The number of nitrogens with one attached hydrogen (secondary N) is 1. The van der Waals surface area contributed by atoms with Crippen molar-refractivity contribution in [3.05, 3.63) is 53.1 Å². The minimum atomic E-state index is -0.483. The van der Waals surface area contributed by atoms with Crippen LogP contribution in [-0.4, -0.2) is 23.3 Å². The van der Waals surface area contributed by atoms with Crippen LogP contribution in [0.2, 0.25) is 0 Å². The van der Waals surface area contributed by atoms with Crippen molar-refractivity contribution < 1.29 is 13.9 Å². The van der Waals surface area contributed by atoms with E-state index in [4.69, 9.17) is 0 Å². The molecule has 0 saturated heterocycles. The number of methoxy groups -OCH3 is 1. The first kappa shape index (κ1) is 11.3. The van der Waals surface area contributed by atoms with Crippen LogP contribution in [0.15, 0.2) is 30.5 Å². The predicted molar refractivity (Wildman–Crippen MR) is 59.1 cm³/mol. The lowest BCUT2D eigenvalue weighted by molar-refractivity contribution is 0.0593. The van der Waals surface area contributed by atoms with Crippen LogP contribution in [0.25, 0.3) is 0 Å². The minimum Gasteiger partial charge on any atom is -0.464 e. The summed E-state index contributed by atoms with van der Waals surface area (Å²) >= 11 is 0. The van der Waals surface area contributed by atoms with Crippen molar-refractivity contribution in [3.8, 4) is 0 Å². The second-order valence-corrected chi connectivity index (χ2v) is 3.55. The number of benzene rings is 1. The van der Waals surface area contributed by atoms with Crippen LogP contribution in [0, 0.1) is 5.82 Å². The van der Waals surface area contributed by atoms with Gasteiger partial charge in [0.2, 0.25) is 0 Å². The van der Waals surface area contributed by atoms with Crippen LogP contribution in [0.3, 0.4) is 0 Å². The Morgan fingerprint density at radius 2 is 2.12 bits per heavy atom. The van der Waals surface area contributed by atoms with Gasteiger partial charge in [-0.1, -0.05) is 12.1 Å². The number of aromatic amines is 1. The standard InChI is InChI=1S/C12H11FN2O2/c1-17-12(16)11-9(7-14-15-11)6-8-2-4-10(13)5-3-8/h2-5,7H,6H2,1H3,(H,14,15). The van der Waals surface area contributed by atoms with Crippen LogP contribution >= 0.6 is 0 Å². The Morgan fingerprint density at radius 3 is 2.76 bits per heavy atom. The first-order chi connectivity index (χ1) is 8.20. The summed E-state index contributed by atoms with van der Waals surface area (Å²) in [6, 6.07) is 6.10. The number of rotatable bonds is 3. The first-order valence-electron chi connectivity index (χ1n) is 5.06. The third-order valence-corrected chi connectivity index (χ3v) is 2.41. The first-order valence-corrected chi connectivity index (χ1v) is 5.06. The molecule has 0 spiro atoms. The third-order valence-electron chi connectivity index (χ3n) is 2.41. The van der Waals surface area contributed by atoms with Gasteiger partial charge in [0, 0.05) is 18.2 Å². The lowest BCUT2D eigenvalue weighted by atomic mass is 10.1. The number of hydrogen-bond donors (Lipinski definition) is 1. The SMILES string of the molecule is COC(=O)c1n[nH]cc1Cc1ccc(F)cc1. The van der Waals surface area contributed by atoms with Gasteiger partial charge >= 0.3 is 5.97 Å². The number of esters is 1. The molecule has 0 amide bonds. The molecule has 1 aromatic carbocycles. The molecule has 0 radical (unpaired) electrons. The van der Waals surface area contributed by atoms with E-state index in [0.29, 0.717) is 6.42 Å². The fraction of sp³-hybridized carbons (Fsp3) is 0.167. The summed E-state index contributed by atoms with van der Waals surface area (Å²) in [6.07, 6.45) is 2.14. The van der Waals surface area contributed by atoms with Crippen molar-refractivity contribution in [2.24, 2.45) is 0 Å². The van der Waals surface area contributed by atoms with Crippen LogP contribution in [-0.2, 0) is 11.2 Å². The molecule has 0 aliphatic carbocycles. The van der Waals surface area contributed by atoms with Crippen LogP contribution < -0.4 is 0 Å². The molecule has 1 aromatic heterocycles. The largest absolute Gasteiger partial charge is 0.464 e. The molecular formula is C12H11FN2O2. The number of halogens is 1. The van der Waals surface area contributed by atoms with Gasteiger partial charge < -0.3 is 4.74 Å². The highest BCUT2D eigenvalue weighted by atomic mass is 19.1. The van der Waals surface area contributed by atoms with E-state index in [9.17, 15) is 9.18 Å². The minimum absolute atomic E-state index is 0.261. The highest BCUT2D eigenvalue weighted by Crippen LogP contribution is 2.13. The Bertz CT molecular complexity index is 520. The zero-order valence-electron chi connectivity index (χ0n) is 9.24. The third kappa shape index (κ3) is 2.50. The Kier molecular flexibility index (Phi) is 3.18. The molecule has 0 unspecified atom stereocenters. The van der Waals surface area contributed by atoms with Gasteiger partial charge in [0.05, 0.1) is 7.11 Å². The van der Waals surface area contributed by atoms with Crippen molar-refractivity contribution >= 4 is 5.97 Å². The topological polar surface area (TPSA) is 55.0 Å². The van der Waals surface area contributed by atoms with E-state index >= 15 is 0 Å². The van der Waals surface area contributed by atoms with Crippen LogP contribution in [0.4, 0.5) is 4.39 Å². The van der Waals surface area contributed by atoms with Gasteiger partial charge in [-0.3, -0.25) is 5.10 Å². The summed E-state index contributed by atoms with van der Waals surface area (Å²) < 4.78 is 17.3. The number of carbonyl (C=O) groups excluding carboxylic acids is 1. The fourth-order valence-electron chi connectivity index (χ4n) is 1.55. The summed E-state index contributed by atoms with van der Waals surface area (Å²) in [5.41, 5.74) is 1.89.